The normalized spacial score (nSPS) is 17.2. The van der Waals surface area contributed by atoms with Gasteiger partial charge < -0.3 is 9.84 Å². The quantitative estimate of drug-likeness (QED) is 0.478. The zero-order valence-corrected chi connectivity index (χ0v) is 18.7. The van der Waals surface area contributed by atoms with Gasteiger partial charge in [-0.3, -0.25) is 4.79 Å². The fourth-order valence-electron chi connectivity index (χ4n) is 3.90. The van der Waals surface area contributed by atoms with E-state index in [1.807, 2.05) is 61.5 Å². The molecule has 1 fully saturated rings. The van der Waals surface area contributed by atoms with Crippen molar-refractivity contribution in [2.45, 2.75) is 19.4 Å². The van der Waals surface area contributed by atoms with Crippen LogP contribution in [0.25, 0.3) is 22.6 Å². The van der Waals surface area contributed by atoms with E-state index in [-0.39, 0.29) is 23.2 Å². The second kappa shape index (κ2) is 8.32. The monoisotopic (exact) mass is 462 g/mol. The number of hydrogen-bond acceptors (Lipinski definition) is 6. The van der Waals surface area contributed by atoms with Gasteiger partial charge in [-0.05, 0) is 13.3 Å². The summed E-state index contributed by atoms with van der Waals surface area (Å²) < 4.78 is 31.1. The number of amides is 1. The number of aryl methyl sites for hydroxylation is 1. The predicted molar refractivity (Wildman–Crippen MR) is 125 cm³/mol. The summed E-state index contributed by atoms with van der Waals surface area (Å²) in [6.07, 6.45) is 0.447. The van der Waals surface area contributed by atoms with Crippen molar-refractivity contribution in [3.8, 4) is 22.6 Å². The lowest BCUT2D eigenvalue weighted by atomic mass is 10.1. The Labute approximate surface area is 191 Å². The van der Waals surface area contributed by atoms with Crippen LogP contribution in [0, 0.1) is 6.92 Å². The SMILES string of the molecule is Cc1ccc(-c2cc(C(=O)Nc3cc(-c4ccccc4)nn3C3CCS(=O)(=O)C3)no2)cc1. The molecule has 1 saturated heterocycles. The number of benzene rings is 2. The van der Waals surface area contributed by atoms with Gasteiger partial charge in [-0.1, -0.05) is 65.3 Å². The Morgan fingerprint density at radius 3 is 2.52 bits per heavy atom. The van der Waals surface area contributed by atoms with Crippen LogP contribution in [0.2, 0.25) is 0 Å². The van der Waals surface area contributed by atoms with Crippen LogP contribution in [-0.4, -0.2) is 40.8 Å². The van der Waals surface area contributed by atoms with E-state index in [9.17, 15) is 13.2 Å². The maximum atomic E-state index is 13.0. The highest BCUT2D eigenvalue weighted by atomic mass is 32.2. The van der Waals surface area contributed by atoms with E-state index < -0.39 is 15.7 Å². The summed E-state index contributed by atoms with van der Waals surface area (Å²) >= 11 is 0. The third kappa shape index (κ3) is 4.45. The van der Waals surface area contributed by atoms with Gasteiger partial charge in [0.05, 0.1) is 23.2 Å². The van der Waals surface area contributed by atoms with E-state index in [1.54, 1.807) is 16.8 Å². The molecule has 9 heteroatoms. The molecule has 4 aromatic rings. The fraction of sp³-hybridized carbons (Fsp3) is 0.208. The lowest BCUT2D eigenvalue weighted by Gasteiger charge is -2.13. The fourth-order valence-corrected chi connectivity index (χ4v) is 5.59. The molecule has 1 atom stereocenters. The van der Waals surface area contributed by atoms with Crippen LogP contribution in [-0.2, 0) is 9.84 Å². The van der Waals surface area contributed by atoms with E-state index in [2.05, 4.69) is 15.6 Å². The number of nitrogens with zero attached hydrogens (tertiary/aromatic N) is 3. The number of anilines is 1. The summed E-state index contributed by atoms with van der Waals surface area (Å²) in [5.74, 6) is 0.544. The molecule has 0 aliphatic carbocycles. The highest BCUT2D eigenvalue weighted by molar-refractivity contribution is 7.91. The molecule has 0 radical (unpaired) electrons. The largest absolute Gasteiger partial charge is 0.355 e. The zero-order valence-electron chi connectivity index (χ0n) is 17.9. The van der Waals surface area contributed by atoms with Crippen molar-refractivity contribution in [1.29, 1.82) is 0 Å². The van der Waals surface area contributed by atoms with E-state index in [1.165, 1.54) is 0 Å². The number of rotatable bonds is 5. The van der Waals surface area contributed by atoms with Crippen molar-refractivity contribution in [1.82, 2.24) is 14.9 Å². The Bertz CT molecular complexity index is 1410. The lowest BCUT2D eigenvalue weighted by molar-refractivity contribution is 0.101. The Morgan fingerprint density at radius 2 is 1.82 bits per heavy atom. The van der Waals surface area contributed by atoms with Crippen LogP contribution in [0.15, 0.2) is 71.3 Å². The summed E-state index contributed by atoms with van der Waals surface area (Å²) in [5.41, 5.74) is 3.58. The van der Waals surface area contributed by atoms with E-state index >= 15 is 0 Å². The van der Waals surface area contributed by atoms with Gasteiger partial charge in [0.2, 0.25) is 0 Å². The molecule has 2 aromatic heterocycles. The number of hydrogen-bond donors (Lipinski definition) is 1. The van der Waals surface area contributed by atoms with Gasteiger partial charge >= 0.3 is 0 Å². The Morgan fingerprint density at radius 1 is 1.06 bits per heavy atom. The number of sulfone groups is 1. The first-order chi connectivity index (χ1) is 15.9. The van der Waals surface area contributed by atoms with E-state index in [0.717, 1.165) is 16.7 Å². The number of carbonyl (C=O) groups excluding carboxylic acids is 1. The molecule has 1 N–H and O–H groups in total. The molecule has 0 spiro atoms. The highest BCUT2D eigenvalue weighted by Gasteiger charge is 2.32. The highest BCUT2D eigenvalue weighted by Crippen LogP contribution is 2.30. The molecule has 3 heterocycles. The van der Waals surface area contributed by atoms with Gasteiger partial charge in [0.15, 0.2) is 21.3 Å². The average molecular weight is 463 g/mol. The first kappa shape index (κ1) is 21.1. The molecule has 1 aliphatic rings. The van der Waals surface area contributed by atoms with Crippen molar-refractivity contribution in [2.24, 2.45) is 0 Å². The van der Waals surface area contributed by atoms with Crippen LogP contribution in [0.5, 0.6) is 0 Å². The summed E-state index contributed by atoms with van der Waals surface area (Å²) in [7, 11) is -3.13. The van der Waals surface area contributed by atoms with Gasteiger partial charge in [-0.25, -0.2) is 13.1 Å². The van der Waals surface area contributed by atoms with Crippen molar-refractivity contribution in [3.63, 3.8) is 0 Å². The minimum absolute atomic E-state index is 0.00663. The van der Waals surface area contributed by atoms with E-state index in [0.29, 0.717) is 23.7 Å². The molecule has 5 rings (SSSR count). The minimum Gasteiger partial charge on any atom is -0.355 e. The Kier molecular flexibility index (Phi) is 5.33. The van der Waals surface area contributed by atoms with Crippen LogP contribution in [0.1, 0.15) is 28.5 Å². The molecule has 168 valence electrons. The number of aromatic nitrogens is 3. The molecule has 0 saturated carbocycles. The third-order valence-corrected chi connectivity index (χ3v) is 7.43. The third-order valence-electron chi connectivity index (χ3n) is 5.68. The molecule has 2 aromatic carbocycles. The maximum absolute atomic E-state index is 13.0. The standard InChI is InChI=1S/C24H22N4O4S/c1-16-7-9-18(10-8-16)22-13-21(27-32-22)24(29)25-23-14-20(17-5-3-2-4-6-17)26-28(23)19-11-12-33(30,31)15-19/h2-10,13-14,19H,11-12,15H2,1H3,(H,25,29). The van der Waals surface area contributed by atoms with E-state index in [4.69, 9.17) is 4.52 Å². The van der Waals surface area contributed by atoms with Crippen LogP contribution >= 0.6 is 0 Å². The molecule has 0 bridgehead atoms. The Hall–Kier alpha value is -3.72. The van der Waals surface area contributed by atoms with Gasteiger partial charge in [0, 0.05) is 23.3 Å². The first-order valence-electron chi connectivity index (χ1n) is 10.6. The second-order valence-electron chi connectivity index (χ2n) is 8.18. The van der Waals surface area contributed by atoms with Crippen molar-refractivity contribution in [3.05, 3.63) is 78.0 Å². The van der Waals surface area contributed by atoms with Gasteiger partial charge in [-0.15, -0.1) is 0 Å². The molecular formula is C24H22N4O4S. The topological polar surface area (TPSA) is 107 Å². The smallest absolute Gasteiger partial charge is 0.279 e. The van der Waals surface area contributed by atoms with Crippen molar-refractivity contribution >= 4 is 21.6 Å². The van der Waals surface area contributed by atoms with Gasteiger partial charge in [-0.2, -0.15) is 5.10 Å². The first-order valence-corrected chi connectivity index (χ1v) is 12.4. The van der Waals surface area contributed by atoms with Crippen LogP contribution in [0.4, 0.5) is 5.82 Å². The summed E-state index contributed by atoms with van der Waals surface area (Å²) in [6.45, 7) is 1.99. The molecular weight excluding hydrogens is 440 g/mol. The predicted octanol–water partition coefficient (Wildman–Crippen LogP) is 4.13. The summed E-state index contributed by atoms with van der Waals surface area (Å²) in [6, 6.07) is 20.2. The summed E-state index contributed by atoms with van der Waals surface area (Å²) in [4.78, 5) is 13.0. The molecule has 8 nitrogen and oxygen atoms in total. The molecule has 33 heavy (non-hydrogen) atoms. The minimum atomic E-state index is -3.13. The second-order valence-corrected chi connectivity index (χ2v) is 10.4. The molecule has 1 aliphatic heterocycles. The number of carbonyl (C=O) groups is 1. The van der Waals surface area contributed by atoms with Crippen LogP contribution < -0.4 is 5.32 Å². The maximum Gasteiger partial charge on any atom is 0.279 e. The van der Waals surface area contributed by atoms with Crippen molar-refractivity contribution < 1.29 is 17.7 Å². The van der Waals surface area contributed by atoms with Gasteiger partial charge in [0.1, 0.15) is 5.82 Å². The van der Waals surface area contributed by atoms with Crippen LogP contribution in [0.3, 0.4) is 0 Å². The molecule has 1 amide bonds. The Balaban J connectivity index is 1.44. The lowest BCUT2D eigenvalue weighted by Crippen LogP contribution is -2.19. The molecule has 1 unspecified atom stereocenters. The van der Waals surface area contributed by atoms with Crippen molar-refractivity contribution in [2.75, 3.05) is 16.8 Å². The van der Waals surface area contributed by atoms with Gasteiger partial charge in [0.25, 0.3) is 5.91 Å². The zero-order chi connectivity index (χ0) is 23.0. The summed E-state index contributed by atoms with van der Waals surface area (Å²) in [5, 5.41) is 11.4. The average Bonchev–Trinajstić information content (AvgIpc) is 3.53. The number of nitrogens with one attached hydrogen (secondary N) is 1.